The Bertz CT molecular complexity index is 697. The molecule has 0 bridgehead atoms. The van der Waals surface area contributed by atoms with E-state index in [2.05, 4.69) is 41.4 Å². The number of amides is 1. The topological polar surface area (TPSA) is 41.6 Å². The van der Waals surface area contributed by atoms with Gasteiger partial charge in [0.05, 0.1) is 6.61 Å². The molecule has 0 aliphatic carbocycles. The largest absolute Gasteiger partial charge is 0.380 e. The van der Waals surface area contributed by atoms with Crippen LogP contribution in [-0.2, 0) is 17.8 Å². The Morgan fingerprint density at radius 1 is 1.21 bits per heavy atom. The molecule has 0 spiro atoms. The maximum atomic E-state index is 12.3. The molecule has 0 fully saturated rings. The zero-order valence-corrected chi connectivity index (χ0v) is 14.3. The Morgan fingerprint density at radius 3 is 2.71 bits per heavy atom. The molecule has 0 saturated heterocycles. The molecule has 1 unspecified atom stereocenters. The summed E-state index contributed by atoms with van der Waals surface area (Å²) in [7, 11) is 1.67. The first kappa shape index (κ1) is 16.5. The van der Waals surface area contributed by atoms with Gasteiger partial charge in [0.1, 0.15) is 0 Å². The molecule has 3 rings (SSSR count). The van der Waals surface area contributed by atoms with E-state index < -0.39 is 0 Å². The van der Waals surface area contributed by atoms with Crippen molar-refractivity contribution >= 4 is 11.6 Å². The van der Waals surface area contributed by atoms with Crippen LogP contribution in [0.15, 0.2) is 48.5 Å². The van der Waals surface area contributed by atoms with E-state index in [4.69, 9.17) is 4.74 Å². The molecule has 126 valence electrons. The predicted molar refractivity (Wildman–Crippen MR) is 96.4 cm³/mol. The third-order valence-electron chi connectivity index (χ3n) is 4.54. The van der Waals surface area contributed by atoms with Gasteiger partial charge in [0.25, 0.3) is 5.91 Å². The van der Waals surface area contributed by atoms with Gasteiger partial charge in [-0.3, -0.25) is 4.79 Å². The molecule has 24 heavy (non-hydrogen) atoms. The molecule has 1 atom stereocenters. The minimum atomic E-state index is -0.0294. The summed E-state index contributed by atoms with van der Waals surface area (Å²) in [5.41, 5.74) is 4.44. The summed E-state index contributed by atoms with van der Waals surface area (Å²) in [6.45, 7) is 4.37. The maximum absolute atomic E-state index is 12.3. The van der Waals surface area contributed by atoms with E-state index >= 15 is 0 Å². The minimum Gasteiger partial charge on any atom is -0.380 e. The highest BCUT2D eigenvalue weighted by Gasteiger charge is 2.23. The predicted octanol–water partition coefficient (Wildman–Crippen LogP) is 3.01. The lowest BCUT2D eigenvalue weighted by molar-refractivity contribution is 0.0951. The van der Waals surface area contributed by atoms with Gasteiger partial charge in [0, 0.05) is 37.5 Å². The lowest BCUT2D eigenvalue weighted by atomic mass is 10.1. The number of methoxy groups -OCH3 is 1. The molecule has 4 heteroatoms. The average Bonchev–Trinajstić information content (AvgIpc) is 3.04. The van der Waals surface area contributed by atoms with Gasteiger partial charge in [-0.15, -0.1) is 0 Å². The summed E-state index contributed by atoms with van der Waals surface area (Å²) in [5, 5.41) is 3.05. The first-order valence-electron chi connectivity index (χ1n) is 8.39. The molecular formula is C20H24N2O2. The number of nitrogens with zero attached hydrogens (tertiary/aromatic N) is 1. The molecule has 1 N–H and O–H groups in total. The summed E-state index contributed by atoms with van der Waals surface area (Å²) in [6, 6.07) is 16.3. The number of hydrogen-bond donors (Lipinski definition) is 1. The molecule has 2 aromatic rings. The first-order valence-corrected chi connectivity index (χ1v) is 8.39. The molecule has 1 aliphatic rings. The standard InChI is InChI=1S/C20H24N2O2/c1-15(22-12-11-17-5-3-4-6-19(17)22)13-21-20(23)18-9-7-16(8-10-18)14-24-2/h3-10,15H,11-14H2,1-2H3,(H,21,23). The third-order valence-corrected chi connectivity index (χ3v) is 4.54. The second-order valence-electron chi connectivity index (χ2n) is 6.26. The Labute approximate surface area is 143 Å². The van der Waals surface area contributed by atoms with Crippen molar-refractivity contribution in [2.75, 3.05) is 25.1 Å². The Balaban J connectivity index is 1.56. The van der Waals surface area contributed by atoms with Crippen LogP contribution in [0.25, 0.3) is 0 Å². The van der Waals surface area contributed by atoms with Crippen molar-refractivity contribution in [3.8, 4) is 0 Å². The lowest BCUT2D eigenvalue weighted by Crippen LogP contribution is -2.41. The number of carbonyl (C=O) groups is 1. The molecule has 0 radical (unpaired) electrons. The first-order chi connectivity index (χ1) is 11.7. The molecular weight excluding hydrogens is 300 g/mol. The van der Waals surface area contributed by atoms with Gasteiger partial charge >= 0.3 is 0 Å². The monoisotopic (exact) mass is 324 g/mol. The highest BCUT2D eigenvalue weighted by molar-refractivity contribution is 5.94. The van der Waals surface area contributed by atoms with Crippen molar-refractivity contribution in [1.82, 2.24) is 5.32 Å². The summed E-state index contributed by atoms with van der Waals surface area (Å²) in [4.78, 5) is 14.7. The number of benzene rings is 2. The Morgan fingerprint density at radius 2 is 1.96 bits per heavy atom. The smallest absolute Gasteiger partial charge is 0.251 e. The van der Waals surface area contributed by atoms with Crippen molar-refractivity contribution in [3.63, 3.8) is 0 Å². The normalized spacial score (nSPS) is 14.3. The number of fused-ring (bicyclic) bond motifs is 1. The van der Waals surface area contributed by atoms with Crippen molar-refractivity contribution in [2.45, 2.75) is 26.0 Å². The van der Waals surface area contributed by atoms with Gasteiger partial charge in [0.2, 0.25) is 0 Å². The van der Waals surface area contributed by atoms with Crippen LogP contribution in [0.5, 0.6) is 0 Å². The summed E-state index contributed by atoms with van der Waals surface area (Å²) >= 11 is 0. The van der Waals surface area contributed by atoms with E-state index in [1.807, 2.05) is 24.3 Å². The van der Waals surface area contributed by atoms with E-state index in [0.29, 0.717) is 18.7 Å². The average molecular weight is 324 g/mol. The SMILES string of the molecule is COCc1ccc(C(=O)NCC(C)N2CCc3ccccc32)cc1. The van der Waals surface area contributed by atoms with Gasteiger partial charge in [-0.05, 0) is 42.7 Å². The number of nitrogens with one attached hydrogen (secondary N) is 1. The van der Waals surface area contributed by atoms with Crippen LogP contribution in [0, 0.1) is 0 Å². The minimum absolute atomic E-state index is 0.0294. The van der Waals surface area contributed by atoms with E-state index in [-0.39, 0.29) is 11.9 Å². The summed E-state index contributed by atoms with van der Waals surface area (Å²) in [6.07, 6.45) is 1.08. The van der Waals surface area contributed by atoms with Crippen molar-refractivity contribution in [2.24, 2.45) is 0 Å². The number of ether oxygens (including phenoxy) is 1. The lowest BCUT2D eigenvalue weighted by Gasteiger charge is -2.27. The van der Waals surface area contributed by atoms with E-state index in [1.165, 1.54) is 11.3 Å². The molecule has 1 heterocycles. The van der Waals surface area contributed by atoms with Gasteiger partial charge in [-0.25, -0.2) is 0 Å². The number of hydrogen-bond acceptors (Lipinski definition) is 3. The molecule has 4 nitrogen and oxygen atoms in total. The van der Waals surface area contributed by atoms with Gasteiger partial charge in [0.15, 0.2) is 0 Å². The van der Waals surface area contributed by atoms with Crippen molar-refractivity contribution in [3.05, 3.63) is 65.2 Å². The van der Waals surface area contributed by atoms with Crippen LogP contribution < -0.4 is 10.2 Å². The zero-order chi connectivity index (χ0) is 16.9. The quantitative estimate of drug-likeness (QED) is 0.888. The van der Waals surface area contributed by atoms with E-state index in [9.17, 15) is 4.79 Å². The highest BCUT2D eigenvalue weighted by Crippen LogP contribution is 2.28. The van der Waals surface area contributed by atoms with E-state index in [0.717, 1.165) is 18.5 Å². The van der Waals surface area contributed by atoms with Crippen molar-refractivity contribution < 1.29 is 9.53 Å². The summed E-state index contributed by atoms with van der Waals surface area (Å²) in [5.74, 6) is -0.0294. The van der Waals surface area contributed by atoms with Crippen LogP contribution in [0.2, 0.25) is 0 Å². The second-order valence-corrected chi connectivity index (χ2v) is 6.26. The molecule has 1 aliphatic heterocycles. The fraction of sp³-hybridized carbons (Fsp3) is 0.350. The zero-order valence-electron chi connectivity index (χ0n) is 14.3. The van der Waals surface area contributed by atoms with Crippen LogP contribution >= 0.6 is 0 Å². The molecule has 0 saturated carbocycles. The number of para-hydroxylation sites is 1. The summed E-state index contributed by atoms with van der Waals surface area (Å²) < 4.78 is 5.09. The Kier molecular flexibility index (Phi) is 5.16. The van der Waals surface area contributed by atoms with Gasteiger partial charge < -0.3 is 15.0 Å². The van der Waals surface area contributed by atoms with Crippen LogP contribution in [-0.4, -0.2) is 32.1 Å². The third kappa shape index (κ3) is 3.60. The number of rotatable bonds is 6. The molecule has 1 amide bonds. The highest BCUT2D eigenvalue weighted by atomic mass is 16.5. The van der Waals surface area contributed by atoms with Crippen LogP contribution in [0.4, 0.5) is 5.69 Å². The fourth-order valence-corrected chi connectivity index (χ4v) is 3.19. The molecule has 0 aromatic heterocycles. The fourth-order valence-electron chi connectivity index (χ4n) is 3.19. The molecule has 2 aromatic carbocycles. The second kappa shape index (κ2) is 7.49. The number of anilines is 1. The van der Waals surface area contributed by atoms with Crippen LogP contribution in [0.3, 0.4) is 0 Å². The van der Waals surface area contributed by atoms with Gasteiger partial charge in [-0.2, -0.15) is 0 Å². The van der Waals surface area contributed by atoms with E-state index in [1.54, 1.807) is 7.11 Å². The maximum Gasteiger partial charge on any atom is 0.251 e. The van der Waals surface area contributed by atoms with Crippen LogP contribution in [0.1, 0.15) is 28.4 Å². The Hall–Kier alpha value is -2.33. The number of carbonyl (C=O) groups excluding carboxylic acids is 1. The van der Waals surface area contributed by atoms with Gasteiger partial charge in [-0.1, -0.05) is 30.3 Å². The van der Waals surface area contributed by atoms with Crippen molar-refractivity contribution in [1.29, 1.82) is 0 Å².